The molecule has 1 saturated heterocycles. The summed E-state index contributed by atoms with van der Waals surface area (Å²) in [4.78, 5) is 14.1. The fourth-order valence-corrected chi connectivity index (χ4v) is 2.51. The molecule has 1 amide bonds. The summed E-state index contributed by atoms with van der Waals surface area (Å²) < 4.78 is 10.5. The van der Waals surface area contributed by atoms with Gasteiger partial charge in [-0.05, 0) is 27.2 Å². The first kappa shape index (κ1) is 15.0. The number of aliphatic hydroxyl groups excluding tert-OH is 1. The zero-order valence-electron chi connectivity index (χ0n) is 12.3. The molecule has 1 aromatic rings. The van der Waals surface area contributed by atoms with Gasteiger partial charge in [0, 0.05) is 18.5 Å². The van der Waals surface area contributed by atoms with Crippen LogP contribution in [-0.2, 0) is 16.0 Å². The number of rotatable bonds is 4. The lowest BCUT2D eigenvalue weighted by molar-refractivity contribution is -0.146. The largest absolute Gasteiger partial charge is 0.394 e. The quantitative estimate of drug-likeness (QED) is 0.885. The highest BCUT2D eigenvalue weighted by atomic mass is 16.5. The third-order valence-corrected chi connectivity index (χ3v) is 3.80. The minimum atomic E-state index is -0.269. The Hall–Kier alpha value is -1.40. The molecular weight excluding hydrogens is 260 g/mol. The number of amides is 1. The van der Waals surface area contributed by atoms with E-state index in [2.05, 4.69) is 5.16 Å². The third-order valence-electron chi connectivity index (χ3n) is 3.80. The van der Waals surface area contributed by atoms with Crippen LogP contribution in [0.1, 0.15) is 30.4 Å². The maximum atomic E-state index is 12.3. The van der Waals surface area contributed by atoms with Crippen LogP contribution in [-0.4, -0.2) is 53.0 Å². The lowest BCUT2D eigenvalue weighted by Crippen LogP contribution is -2.52. The number of ether oxygens (including phenoxy) is 1. The SMILES string of the molecule is Cc1noc(C)c1CCC(=O)N1CC(CO)OCC1C. The Morgan fingerprint density at radius 2 is 2.25 bits per heavy atom. The van der Waals surface area contributed by atoms with E-state index in [0.29, 0.717) is 26.0 Å². The molecule has 2 heterocycles. The Bertz CT molecular complexity index is 452. The van der Waals surface area contributed by atoms with E-state index in [1.165, 1.54) is 0 Å². The first-order chi connectivity index (χ1) is 9.52. The minimum absolute atomic E-state index is 0.0509. The topological polar surface area (TPSA) is 75.8 Å². The molecule has 0 aromatic carbocycles. The fourth-order valence-electron chi connectivity index (χ4n) is 2.51. The summed E-state index contributed by atoms with van der Waals surface area (Å²) in [5, 5.41) is 13.0. The van der Waals surface area contributed by atoms with E-state index in [-0.39, 0.29) is 24.7 Å². The summed E-state index contributed by atoms with van der Waals surface area (Å²) in [6.45, 7) is 6.58. The van der Waals surface area contributed by atoms with E-state index in [4.69, 9.17) is 14.4 Å². The molecule has 6 heteroatoms. The molecule has 6 nitrogen and oxygen atoms in total. The van der Waals surface area contributed by atoms with Crippen LogP contribution in [0.2, 0.25) is 0 Å². The molecule has 1 aliphatic heterocycles. The Labute approximate surface area is 118 Å². The van der Waals surface area contributed by atoms with Gasteiger partial charge in [-0.15, -0.1) is 0 Å². The molecule has 0 saturated carbocycles. The lowest BCUT2D eigenvalue weighted by atomic mass is 10.1. The molecule has 1 aromatic heterocycles. The van der Waals surface area contributed by atoms with Crippen LogP contribution >= 0.6 is 0 Å². The Morgan fingerprint density at radius 3 is 2.85 bits per heavy atom. The molecule has 112 valence electrons. The molecule has 1 aliphatic rings. The van der Waals surface area contributed by atoms with Gasteiger partial charge in [-0.1, -0.05) is 5.16 Å². The van der Waals surface area contributed by atoms with Crippen molar-refractivity contribution in [3.8, 4) is 0 Å². The minimum Gasteiger partial charge on any atom is -0.394 e. The van der Waals surface area contributed by atoms with Gasteiger partial charge in [0.2, 0.25) is 5.91 Å². The second kappa shape index (κ2) is 6.37. The van der Waals surface area contributed by atoms with Crippen LogP contribution in [0.15, 0.2) is 4.52 Å². The van der Waals surface area contributed by atoms with Crippen molar-refractivity contribution in [3.05, 3.63) is 17.0 Å². The van der Waals surface area contributed by atoms with Gasteiger partial charge in [-0.3, -0.25) is 4.79 Å². The van der Waals surface area contributed by atoms with Gasteiger partial charge >= 0.3 is 0 Å². The summed E-state index contributed by atoms with van der Waals surface area (Å²) in [5.74, 6) is 0.859. The smallest absolute Gasteiger partial charge is 0.223 e. The summed E-state index contributed by atoms with van der Waals surface area (Å²) in [5.41, 5.74) is 1.86. The van der Waals surface area contributed by atoms with Gasteiger partial charge in [0.05, 0.1) is 31.1 Å². The molecule has 1 fully saturated rings. The predicted octanol–water partition coefficient (Wildman–Crippen LogP) is 0.832. The van der Waals surface area contributed by atoms with Crippen molar-refractivity contribution in [2.24, 2.45) is 0 Å². The number of aryl methyl sites for hydroxylation is 2. The molecule has 2 unspecified atom stereocenters. The molecule has 2 atom stereocenters. The summed E-state index contributed by atoms with van der Waals surface area (Å²) in [6.07, 6.45) is 0.786. The number of hydrogen-bond acceptors (Lipinski definition) is 5. The van der Waals surface area contributed by atoms with Crippen molar-refractivity contribution in [2.75, 3.05) is 19.8 Å². The van der Waals surface area contributed by atoms with E-state index in [1.807, 2.05) is 20.8 Å². The van der Waals surface area contributed by atoms with Crippen LogP contribution in [0.25, 0.3) is 0 Å². The Morgan fingerprint density at radius 1 is 1.50 bits per heavy atom. The zero-order chi connectivity index (χ0) is 14.7. The Kier molecular flexibility index (Phi) is 4.77. The van der Waals surface area contributed by atoms with Crippen molar-refractivity contribution >= 4 is 5.91 Å². The molecule has 1 N–H and O–H groups in total. The lowest BCUT2D eigenvalue weighted by Gasteiger charge is -2.37. The molecule has 0 bridgehead atoms. The first-order valence-corrected chi connectivity index (χ1v) is 6.96. The van der Waals surface area contributed by atoms with Crippen LogP contribution in [0, 0.1) is 13.8 Å². The normalized spacial score (nSPS) is 23.1. The molecule has 20 heavy (non-hydrogen) atoms. The highest BCUT2D eigenvalue weighted by Gasteiger charge is 2.29. The van der Waals surface area contributed by atoms with Crippen molar-refractivity contribution < 1.29 is 19.2 Å². The van der Waals surface area contributed by atoms with E-state index in [1.54, 1.807) is 4.90 Å². The van der Waals surface area contributed by atoms with Gasteiger partial charge in [-0.25, -0.2) is 0 Å². The van der Waals surface area contributed by atoms with Crippen LogP contribution in [0.3, 0.4) is 0 Å². The number of morpholine rings is 1. The standard InChI is InChI=1S/C14H22N2O4/c1-9-8-19-12(7-17)6-16(9)14(18)5-4-13-10(2)15-20-11(13)3/h9,12,17H,4-8H2,1-3H3. The Balaban J connectivity index is 1.94. The highest BCUT2D eigenvalue weighted by Crippen LogP contribution is 2.17. The van der Waals surface area contributed by atoms with Crippen LogP contribution < -0.4 is 0 Å². The maximum Gasteiger partial charge on any atom is 0.223 e. The van der Waals surface area contributed by atoms with Crippen molar-refractivity contribution in [1.82, 2.24) is 10.1 Å². The maximum absolute atomic E-state index is 12.3. The van der Waals surface area contributed by atoms with Crippen molar-refractivity contribution in [1.29, 1.82) is 0 Å². The number of hydrogen-bond donors (Lipinski definition) is 1. The number of nitrogens with zero attached hydrogens (tertiary/aromatic N) is 2. The summed E-state index contributed by atoms with van der Waals surface area (Å²) in [6, 6.07) is 0.0509. The molecule has 0 spiro atoms. The molecule has 0 aliphatic carbocycles. The average Bonchev–Trinajstić information content (AvgIpc) is 2.76. The predicted molar refractivity (Wildman–Crippen MR) is 72.3 cm³/mol. The van der Waals surface area contributed by atoms with Gasteiger partial charge in [0.15, 0.2) is 0 Å². The van der Waals surface area contributed by atoms with Crippen molar-refractivity contribution in [3.63, 3.8) is 0 Å². The molecule has 0 radical (unpaired) electrons. The summed E-state index contributed by atoms with van der Waals surface area (Å²) >= 11 is 0. The second-order valence-electron chi connectivity index (χ2n) is 5.34. The van der Waals surface area contributed by atoms with Crippen molar-refractivity contribution in [2.45, 2.75) is 45.8 Å². The molecule has 2 rings (SSSR count). The van der Waals surface area contributed by atoms with Crippen LogP contribution in [0.5, 0.6) is 0 Å². The average molecular weight is 282 g/mol. The van der Waals surface area contributed by atoms with Gasteiger partial charge < -0.3 is 19.3 Å². The van der Waals surface area contributed by atoms with Gasteiger partial charge in [-0.2, -0.15) is 0 Å². The van der Waals surface area contributed by atoms with Gasteiger partial charge in [0.25, 0.3) is 0 Å². The summed E-state index contributed by atoms with van der Waals surface area (Å²) in [7, 11) is 0. The van der Waals surface area contributed by atoms with E-state index < -0.39 is 0 Å². The molecular formula is C14H22N2O4. The zero-order valence-corrected chi connectivity index (χ0v) is 12.3. The van der Waals surface area contributed by atoms with Gasteiger partial charge in [0.1, 0.15) is 5.76 Å². The van der Waals surface area contributed by atoms with E-state index >= 15 is 0 Å². The number of aliphatic hydroxyl groups is 1. The second-order valence-corrected chi connectivity index (χ2v) is 5.34. The van der Waals surface area contributed by atoms with Crippen LogP contribution in [0.4, 0.5) is 0 Å². The highest BCUT2D eigenvalue weighted by molar-refractivity contribution is 5.77. The van der Waals surface area contributed by atoms with E-state index in [9.17, 15) is 4.79 Å². The number of carbonyl (C=O) groups is 1. The number of aromatic nitrogens is 1. The fraction of sp³-hybridized carbons (Fsp3) is 0.714. The monoisotopic (exact) mass is 282 g/mol. The van der Waals surface area contributed by atoms with E-state index in [0.717, 1.165) is 17.0 Å². The third kappa shape index (κ3) is 3.19. The first-order valence-electron chi connectivity index (χ1n) is 6.96. The number of carbonyl (C=O) groups excluding carboxylic acids is 1.